The zero-order valence-corrected chi connectivity index (χ0v) is 10.9. The lowest BCUT2D eigenvalue weighted by molar-refractivity contribution is -0.137. The van der Waals surface area contributed by atoms with Crippen LogP contribution in [0.25, 0.3) is 5.82 Å². The summed E-state index contributed by atoms with van der Waals surface area (Å²) in [5.41, 5.74) is 2.13. The maximum atomic E-state index is 12.5. The quantitative estimate of drug-likeness (QED) is 0.835. The van der Waals surface area contributed by atoms with Crippen molar-refractivity contribution in [3.05, 3.63) is 40.8 Å². The fourth-order valence-corrected chi connectivity index (χ4v) is 2.09. The predicted octanol–water partition coefficient (Wildman–Crippen LogP) is 3.47. The van der Waals surface area contributed by atoms with Crippen molar-refractivity contribution in [3.63, 3.8) is 0 Å². The molecule has 0 spiro atoms. The molecule has 2 aromatic rings. The van der Waals surface area contributed by atoms with Gasteiger partial charge in [0.15, 0.2) is 5.82 Å². The van der Waals surface area contributed by atoms with E-state index in [0.717, 1.165) is 35.6 Å². The summed E-state index contributed by atoms with van der Waals surface area (Å²) in [6, 6.07) is 2.35. The summed E-state index contributed by atoms with van der Waals surface area (Å²) in [4.78, 5) is 3.85. The molecule has 2 heterocycles. The van der Waals surface area contributed by atoms with Gasteiger partial charge in [-0.3, -0.25) is 0 Å². The second kappa shape index (κ2) is 4.68. The van der Waals surface area contributed by atoms with Crippen molar-refractivity contribution >= 4 is 0 Å². The van der Waals surface area contributed by atoms with Crippen LogP contribution in [0.1, 0.15) is 29.4 Å². The second-order valence-corrected chi connectivity index (χ2v) is 4.32. The van der Waals surface area contributed by atoms with E-state index >= 15 is 0 Å². The summed E-state index contributed by atoms with van der Waals surface area (Å²) in [5, 5.41) is 4.32. The normalized spacial score (nSPS) is 11.9. The summed E-state index contributed by atoms with van der Waals surface area (Å²) in [7, 11) is 0. The van der Waals surface area contributed by atoms with Gasteiger partial charge >= 0.3 is 6.18 Å². The van der Waals surface area contributed by atoms with Crippen molar-refractivity contribution < 1.29 is 13.2 Å². The maximum absolute atomic E-state index is 12.5. The Balaban J connectivity index is 2.43. The minimum Gasteiger partial charge on any atom is -0.236 e. The number of nitrogens with zero attached hydrogens (tertiary/aromatic N) is 3. The number of aryl methyl sites for hydroxylation is 1. The largest absolute Gasteiger partial charge is 0.417 e. The lowest BCUT2D eigenvalue weighted by Crippen LogP contribution is -2.08. The third-order valence-corrected chi connectivity index (χ3v) is 3.09. The lowest BCUT2D eigenvalue weighted by atomic mass is 10.1. The summed E-state index contributed by atoms with van der Waals surface area (Å²) >= 11 is 0. The van der Waals surface area contributed by atoms with Gasteiger partial charge in [0.1, 0.15) is 0 Å². The van der Waals surface area contributed by atoms with Crippen molar-refractivity contribution in [2.45, 2.75) is 33.4 Å². The first-order valence-electron chi connectivity index (χ1n) is 5.93. The van der Waals surface area contributed by atoms with Gasteiger partial charge < -0.3 is 0 Å². The topological polar surface area (TPSA) is 30.7 Å². The average Bonchev–Trinajstić information content (AvgIpc) is 2.63. The van der Waals surface area contributed by atoms with Gasteiger partial charge in [-0.15, -0.1) is 0 Å². The van der Waals surface area contributed by atoms with Crippen LogP contribution in [0.2, 0.25) is 0 Å². The molecular weight excluding hydrogens is 255 g/mol. The molecule has 0 saturated carbocycles. The van der Waals surface area contributed by atoms with Crippen molar-refractivity contribution in [3.8, 4) is 5.82 Å². The van der Waals surface area contributed by atoms with E-state index in [2.05, 4.69) is 10.1 Å². The van der Waals surface area contributed by atoms with E-state index in [0.29, 0.717) is 5.82 Å². The molecule has 0 aliphatic rings. The van der Waals surface area contributed by atoms with Gasteiger partial charge in [-0.25, -0.2) is 9.67 Å². The van der Waals surface area contributed by atoms with E-state index in [1.807, 2.05) is 20.8 Å². The van der Waals surface area contributed by atoms with Crippen LogP contribution < -0.4 is 0 Å². The van der Waals surface area contributed by atoms with Crippen molar-refractivity contribution in [1.29, 1.82) is 0 Å². The fraction of sp³-hybridized carbons (Fsp3) is 0.385. The number of hydrogen-bond acceptors (Lipinski definition) is 2. The third kappa shape index (κ3) is 2.47. The first kappa shape index (κ1) is 13.6. The first-order chi connectivity index (χ1) is 8.84. The molecule has 0 N–H and O–H groups in total. The smallest absolute Gasteiger partial charge is 0.236 e. The first-order valence-corrected chi connectivity index (χ1v) is 5.93. The fourth-order valence-electron chi connectivity index (χ4n) is 2.09. The van der Waals surface area contributed by atoms with Crippen LogP contribution in [0.15, 0.2) is 18.3 Å². The Labute approximate surface area is 109 Å². The number of hydrogen-bond donors (Lipinski definition) is 0. The van der Waals surface area contributed by atoms with Gasteiger partial charge in [-0.2, -0.15) is 18.3 Å². The van der Waals surface area contributed by atoms with Gasteiger partial charge in [0.25, 0.3) is 0 Å². The van der Waals surface area contributed by atoms with Crippen LogP contribution in [-0.2, 0) is 12.6 Å². The third-order valence-electron chi connectivity index (χ3n) is 3.09. The van der Waals surface area contributed by atoms with E-state index in [9.17, 15) is 13.2 Å². The monoisotopic (exact) mass is 269 g/mol. The van der Waals surface area contributed by atoms with Gasteiger partial charge in [-0.1, -0.05) is 6.92 Å². The SMILES string of the molecule is CCc1c(C)nn(-c2ccc(C(F)(F)F)cn2)c1C. The maximum Gasteiger partial charge on any atom is 0.417 e. The number of halogens is 3. The minimum atomic E-state index is -4.37. The molecule has 0 amide bonds. The molecule has 102 valence electrons. The Morgan fingerprint density at radius 3 is 2.32 bits per heavy atom. The highest BCUT2D eigenvalue weighted by molar-refractivity contribution is 5.33. The van der Waals surface area contributed by atoms with Crippen molar-refractivity contribution in [2.24, 2.45) is 0 Å². The van der Waals surface area contributed by atoms with Gasteiger partial charge in [0.05, 0.1) is 11.3 Å². The van der Waals surface area contributed by atoms with Crippen LogP contribution >= 0.6 is 0 Å². The van der Waals surface area contributed by atoms with E-state index in [1.165, 1.54) is 6.07 Å². The molecule has 0 atom stereocenters. The molecule has 0 fully saturated rings. The summed E-state index contributed by atoms with van der Waals surface area (Å²) in [6.07, 6.45) is -2.70. The van der Waals surface area contributed by atoms with E-state index in [1.54, 1.807) is 4.68 Å². The van der Waals surface area contributed by atoms with Crippen molar-refractivity contribution in [2.75, 3.05) is 0 Å². The lowest BCUT2D eigenvalue weighted by Gasteiger charge is -2.08. The standard InChI is InChI=1S/C13H14F3N3/c1-4-11-8(2)18-19(9(11)3)12-6-5-10(7-17-12)13(14,15)16/h5-7H,4H2,1-3H3. The van der Waals surface area contributed by atoms with E-state index < -0.39 is 11.7 Å². The molecule has 19 heavy (non-hydrogen) atoms. The van der Waals surface area contributed by atoms with Crippen LogP contribution in [0.5, 0.6) is 0 Å². The Morgan fingerprint density at radius 1 is 1.21 bits per heavy atom. The Bertz CT molecular complexity index is 582. The van der Waals surface area contributed by atoms with Gasteiger partial charge in [-0.05, 0) is 38.0 Å². The molecule has 0 aliphatic carbocycles. The van der Waals surface area contributed by atoms with E-state index in [-0.39, 0.29) is 0 Å². The van der Waals surface area contributed by atoms with Crippen LogP contribution in [0, 0.1) is 13.8 Å². The Morgan fingerprint density at radius 2 is 1.89 bits per heavy atom. The molecule has 2 rings (SSSR count). The number of rotatable bonds is 2. The highest BCUT2D eigenvalue weighted by Crippen LogP contribution is 2.29. The molecule has 0 radical (unpaired) electrons. The number of aromatic nitrogens is 3. The minimum absolute atomic E-state index is 0.397. The molecule has 3 nitrogen and oxygen atoms in total. The van der Waals surface area contributed by atoms with E-state index in [4.69, 9.17) is 0 Å². The van der Waals surface area contributed by atoms with Gasteiger partial charge in [0.2, 0.25) is 0 Å². The average molecular weight is 269 g/mol. The molecule has 0 aliphatic heterocycles. The zero-order valence-electron chi connectivity index (χ0n) is 10.9. The van der Waals surface area contributed by atoms with Crippen molar-refractivity contribution in [1.82, 2.24) is 14.8 Å². The summed E-state index contributed by atoms with van der Waals surface area (Å²) in [5.74, 6) is 0.397. The molecule has 2 aromatic heterocycles. The summed E-state index contributed by atoms with van der Waals surface area (Å²) in [6.45, 7) is 5.78. The second-order valence-electron chi connectivity index (χ2n) is 4.32. The predicted molar refractivity (Wildman–Crippen MR) is 65.2 cm³/mol. The number of pyridine rings is 1. The Hall–Kier alpha value is -1.85. The van der Waals surface area contributed by atoms with Crippen LogP contribution in [0.3, 0.4) is 0 Å². The molecule has 0 bridgehead atoms. The molecule has 0 unspecified atom stereocenters. The van der Waals surface area contributed by atoms with Crippen LogP contribution in [0.4, 0.5) is 13.2 Å². The van der Waals surface area contributed by atoms with Crippen LogP contribution in [-0.4, -0.2) is 14.8 Å². The Kier molecular flexibility index (Phi) is 3.34. The highest BCUT2D eigenvalue weighted by atomic mass is 19.4. The highest BCUT2D eigenvalue weighted by Gasteiger charge is 2.30. The molecule has 6 heteroatoms. The zero-order chi connectivity index (χ0) is 14.2. The van der Waals surface area contributed by atoms with Gasteiger partial charge in [0, 0.05) is 11.9 Å². The summed E-state index contributed by atoms with van der Waals surface area (Å²) < 4.78 is 39.0. The molecule has 0 aromatic carbocycles. The number of alkyl halides is 3. The molecular formula is C13H14F3N3. The molecule has 0 saturated heterocycles.